The summed E-state index contributed by atoms with van der Waals surface area (Å²) >= 11 is 0. The molecule has 0 aliphatic rings. The Kier molecular flexibility index (Phi) is 2.53. The highest BCUT2D eigenvalue weighted by molar-refractivity contribution is 5.78. The van der Waals surface area contributed by atoms with Gasteiger partial charge in [-0.15, -0.1) is 0 Å². The molecule has 0 N–H and O–H groups in total. The van der Waals surface area contributed by atoms with Crippen LogP contribution in [0.4, 0.5) is 4.39 Å². The summed E-state index contributed by atoms with van der Waals surface area (Å²) < 4.78 is 15.1. The Morgan fingerprint density at radius 2 is 2.00 bits per heavy atom. The smallest absolute Gasteiger partial charge is 0.124 e. The highest BCUT2D eigenvalue weighted by Crippen LogP contribution is 2.23. The van der Waals surface area contributed by atoms with Gasteiger partial charge in [0.05, 0.1) is 22.3 Å². The van der Waals surface area contributed by atoms with Crippen LogP contribution in [0.2, 0.25) is 0 Å². The second-order valence-electron chi connectivity index (χ2n) is 4.26. The fourth-order valence-corrected chi connectivity index (χ4v) is 2.24. The van der Waals surface area contributed by atoms with Gasteiger partial charge < -0.3 is 0 Å². The third-order valence-corrected chi connectivity index (χ3v) is 3.05. The van der Waals surface area contributed by atoms with Crippen molar-refractivity contribution in [2.24, 2.45) is 0 Å². The number of benzene rings is 2. The van der Waals surface area contributed by atoms with Gasteiger partial charge >= 0.3 is 0 Å². The third-order valence-electron chi connectivity index (χ3n) is 3.05. The minimum absolute atomic E-state index is 0.297. The van der Waals surface area contributed by atoms with E-state index in [4.69, 9.17) is 5.26 Å². The maximum absolute atomic E-state index is 13.2. The third kappa shape index (κ3) is 1.76. The molecule has 0 saturated heterocycles. The van der Waals surface area contributed by atoms with E-state index in [0.29, 0.717) is 11.3 Å². The van der Waals surface area contributed by atoms with Crippen molar-refractivity contribution >= 4 is 11.0 Å². The molecule has 0 bridgehead atoms. The topological polar surface area (TPSA) is 41.6 Å². The Morgan fingerprint density at radius 3 is 2.79 bits per heavy atom. The zero-order valence-corrected chi connectivity index (χ0v) is 10.3. The molecule has 92 valence electrons. The molecule has 4 heteroatoms. The molecule has 3 aromatic rings. The average Bonchev–Trinajstić information content (AvgIpc) is 2.74. The quantitative estimate of drug-likeness (QED) is 0.665. The highest BCUT2D eigenvalue weighted by atomic mass is 19.1. The van der Waals surface area contributed by atoms with Crippen LogP contribution >= 0.6 is 0 Å². The van der Waals surface area contributed by atoms with E-state index in [0.717, 1.165) is 16.9 Å². The molecule has 0 radical (unpaired) electrons. The lowest BCUT2D eigenvalue weighted by Gasteiger charge is -2.08. The zero-order chi connectivity index (χ0) is 13.4. The van der Waals surface area contributed by atoms with Gasteiger partial charge in [-0.2, -0.15) is 5.26 Å². The molecule has 1 heterocycles. The lowest BCUT2D eigenvalue weighted by atomic mass is 10.2. The summed E-state index contributed by atoms with van der Waals surface area (Å²) in [6.45, 7) is 1.87. The Balaban J connectivity index is 2.37. The molecular weight excluding hydrogens is 241 g/mol. The Labute approximate surface area is 109 Å². The highest BCUT2D eigenvalue weighted by Gasteiger charge is 2.12. The van der Waals surface area contributed by atoms with Gasteiger partial charge in [-0.25, -0.2) is 9.37 Å². The predicted octanol–water partition coefficient (Wildman–Crippen LogP) is 3.34. The van der Waals surface area contributed by atoms with Crippen LogP contribution in [0.15, 0.2) is 42.5 Å². The maximum atomic E-state index is 13.2. The van der Waals surface area contributed by atoms with Crippen molar-refractivity contribution in [3.63, 3.8) is 0 Å². The number of hydrogen-bond acceptors (Lipinski definition) is 2. The number of aromatic nitrogens is 2. The fraction of sp³-hybridized carbons (Fsp3) is 0.0667. The number of para-hydroxylation sites is 2. The lowest BCUT2D eigenvalue weighted by molar-refractivity contribution is 0.627. The summed E-state index contributed by atoms with van der Waals surface area (Å²) in [7, 11) is 0. The van der Waals surface area contributed by atoms with E-state index in [1.165, 1.54) is 12.1 Å². The average molecular weight is 251 g/mol. The van der Waals surface area contributed by atoms with E-state index in [9.17, 15) is 4.39 Å². The number of fused-ring (bicyclic) bond motifs is 1. The van der Waals surface area contributed by atoms with Crippen LogP contribution < -0.4 is 0 Å². The molecule has 0 unspecified atom stereocenters. The number of nitrogens with zero attached hydrogens (tertiary/aromatic N) is 3. The van der Waals surface area contributed by atoms with Crippen molar-refractivity contribution in [2.75, 3.05) is 0 Å². The summed E-state index contributed by atoms with van der Waals surface area (Å²) in [5.74, 6) is 0.353. The summed E-state index contributed by atoms with van der Waals surface area (Å²) in [6, 6.07) is 13.9. The number of halogens is 1. The molecule has 0 amide bonds. The van der Waals surface area contributed by atoms with Crippen LogP contribution in [0, 0.1) is 24.1 Å². The SMILES string of the molecule is Cc1nc2ccccc2n1-c1ccc(F)cc1C#N. The maximum Gasteiger partial charge on any atom is 0.124 e. The minimum Gasteiger partial charge on any atom is -0.295 e. The second-order valence-corrected chi connectivity index (χ2v) is 4.26. The second kappa shape index (κ2) is 4.21. The van der Waals surface area contributed by atoms with E-state index in [1.807, 2.05) is 41.8 Å². The minimum atomic E-state index is -0.414. The largest absolute Gasteiger partial charge is 0.295 e. The molecule has 0 saturated carbocycles. The molecule has 0 aliphatic carbocycles. The number of imidazole rings is 1. The lowest BCUT2D eigenvalue weighted by Crippen LogP contribution is -2.00. The monoisotopic (exact) mass is 251 g/mol. The van der Waals surface area contributed by atoms with Gasteiger partial charge in [-0.1, -0.05) is 12.1 Å². The van der Waals surface area contributed by atoms with Gasteiger partial charge in [-0.3, -0.25) is 4.57 Å². The van der Waals surface area contributed by atoms with Gasteiger partial charge in [-0.05, 0) is 37.3 Å². The van der Waals surface area contributed by atoms with Gasteiger partial charge in [0.25, 0.3) is 0 Å². The van der Waals surface area contributed by atoms with Crippen LogP contribution in [0.3, 0.4) is 0 Å². The van der Waals surface area contributed by atoms with Gasteiger partial charge in [0.2, 0.25) is 0 Å². The molecule has 0 spiro atoms. The molecule has 0 atom stereocenters. The van der Waals surface area contributed by atoms with E-state index in [-0.39, 0.29) is 0 Å². The number of nitriles is 1. The first-order valence-electron chi connectivity index (χ1n) is 5.85. The van der Waals surface area contributed by atoms with E-state index in [2.05, 4.69) is 4.98 Å². The molecule has 19 heavy (non-hydrogen) atoms. The summed E-state index contributed by atoms with van der Waals surface area (Å²) in [5.41, 5.74) is 2.71. The number of hydrogen-bond donors (Lipinski definition) is 0. The molecular formula is C15H10FN3. The first-order valence-corrected chi connectivity index (χ1v) is 5.85. The predicted molar refractivity (Wildman–Crippen MR) is 70.5 cm³/mol. The summed E-state index contributed by atoms with van der Waals surface area (Å²) in [5, 5.41) is 9.15. The van der Waals surface area contributed by atoms with Crippen molar-refractivity contribution in [2.45, 2.75) is 6.92 Å². The van der Waals surface area contributed by atoms with Crippen molar-refractivity contribution in [1.82, 2.24) is 9.55 Å². The van der Waals surface area contributed by atoms with E-state index in [1.54, 1.807) is 6.07 Å². The summed E-state index contributed by atoms with van der Waals surface area (Å²) in [6.07, 6.45) is 0. The fourth-order valence-electron chi connectivity index (χ4n) is 2.24. The molecule has 0 aliphatic heterocycles. The van der Waals surface area contributed by atoms with Gasteiger partial charge in [0, 0.05) is 0 Å². The molecule has 3 rings (SSSR count). The van der Waals surface area contributed by atoms with Crippen molar-refractivity contribution in [3.05, 3.63) is 59.7 Å². The van der Waals surface area contributed by atoms with Crippen LogP contribution in [0.1, 0.15) is 11.4 Å². The summed E-state index contributed by atoms with van der Waals surface area (Å²) in [4.78, 5) is 4.45. The van der Waals surface area contributed by atoms with Crippen LogP contribution in [-0.4, -0.2) is 9.55 Å². The standard InChI is InChI=1S/C15H10FN3/c1-10-18-13-4-2-3-5-15(13)19(10)14-7-6-12(16)8-11(14)9-17/h2-8H,1H3. The zero-order valence-electron chi connectivity index (χ0n) is 10.3. The van der Waals surface area contributed by atoms with Crippen LogP contribution in [-0.2, 0) is 0 Å². The van der Waals surface area contributed by atoms with Gasteiger partial charge in [0.1, 0.15) is 17.7 Å². The molecule has 0 fully saturated rings. The first kappa shape index (κ1) is 11.4. The van der Waals surface area contributed by atoms with Crippen LogP contribution in [0.5, 0.6) is 0 Å². The normalized spacial score (nSPS) is 10.6. The van der Waals surface area contributed by atoms with Crippen molar-refractivity contribution in [1.29, 1.82) is 5.26 Å². The Morgan fingerprint density at radius 1 is 1.21 bits per heavy atom. The molecule has 3 nitrogen and oxygen atoms in total. The Hall–Kier alpha value is -2.67. The van der Waals surface area contributed by atoms with Crippen LogP contribution in [0.25, 0.3) is 16.7 Å². The van der Waals surface area contributed by atoms with Gasteiger partial charge in [0.15, 0.2) is 0 Å². The number of aryl methyl sites for hydroxylation is 1. The van der Waals surface area contributed by atoms with E-state index < -0.39 is 5.82 Å². The van der Waals surface area contributed by atoms with Crippen molar-refractivity contribution < 1.29 is 4.39 Å². The van der Waals surface area contributed by atoms with E-state index >= 15 is 0 Å². The molecule has 1 aromatic heterocycles. The molecule has 2 aromatic carbocycles. The number of rotatable bonds is 1. The Bertz CT molecular complexity index is 812. The van der Waals surface area contributed by atoms with Crippen molar-refractivity contribution in [3.8, 4) is 11.8 Å². The first-order chi connectivity index (χ1) is 9.20.